The van der Waals surface area contributed by atoms with Crippen molar-refractivity contribution >= 4 is 35.5 Å². The van der Waals surface area contributed by atoms with Gasteiger partial charge in [0.25, 0.3) is 0 Å². The predicted octanol–water partition coefficient (Wildman–Crippen LogP) is 5.47. The second kappa shape index (κ2) is 11.5. The van der Waals surface area contributed by atoms with Crippen molar-refractivity contribution in [3.63, 3.8) is 0 Å². The van der Waals surface area contributed by atoms with Crippen molar-refractivity contribution in [2.24, 2.45) is 5.10 Å². The summed E-state index contributed by atoms with van der Waals surface area (Å²) in [5.41, 5.74) is 3.52. The summed E-state index contributed by atoms with van der Waals surface area (Å²) in [5, 5.41) is 14.0. The van der Waals surface area contributed by atoms with Gasteiger partial charge >= 0.3 is 5.97 Å². The van der Waals surface area contributed by atoms with Gasteiger partial charge < -0.3 is 9.47 Å². The highest BCUT2D eigenvalue weighted by molar-refractivity contribution is 7.98. The van der Waals surface area contributed by atoms with Crippen LogP contribution in [0.15, 0.2) is 89.4 Å². The number of aromatic nitrogens is 3. The van der Waals surface area contributed by atoms with Crippen molar-refractivity contribution in [1.82, 2.24) is 14.9 Å². The van der Waals surface area contributed by atoms with Gasteiger partial charge in [0.2, 0.25) is 5.16 Å². The Bertz CT molecular complexity index is 1260. The van der Waals surface area contributed by atoms with Crippen LogP contribution in [0.4, 0.5) is 0 Å². The Morgan fingerprint density at radius 1 is 1.03 bits per heavy atom. The lowest BCUT2D eigenvalue weighted by Gasteiger charge is -2.07. The second-order valence-electron chi connectivity index (χ2n) is 7.16. The number of halogens is 1. The number of rotatable bonds is 9. The van der Waals surface area contributed by atoms with E-state index in [0.717, 1.165) is 28.2 Å². The van der Waals surface area contributed by atoms with E-state index in [-0.39, 0.29) is 5.97 Å². The van der Waals surface area contributed by atoms with Crippen molar-refractivity contribution in [1.29, 1.82) is 0 Å². The van der Waals surface area contributed by atoms with Gasteiger partial charge in [-0.15, -0.1) is 10.2 Å². The van der Waals surface area contributed by atoms with Gasteiger partial charge in [0.1, 0.15) is 18.7 Å². The fraction of sp³-hybridized carbons (Fsp3) is 0.120. The third-order valence-electron chi connectivity index (χ3n) is 4.77. The Hall–Kier alpha value is -3.62. The first-order chi connectivity index (χ1) is 16.6. The van der Waals surface area contributed by atoms with E-state index in [4.69, 9.17) is 21.1 Å². The van der Waals surface area contributed by atoms with Gasteiger partial charge in [-0.3, -0.25) is 0 Å². The molecule has 0 aliphatic rings. The SMILES string of the molecule is COC(=O)c1ccc(COc2ccc(/C=N/n3cnnc3SCc3ccc(Cl)cc3)cc2)cc1. The van der Waals surface area contributed by atoms with E-state index in [1.807, 2.05) is 60.7 Å². The molecule has 3 aromatic carbocycles. The lowest BCUT2D eigenvalue weighted by molar-refractivity contribution is 0.0600. The maximum absolute atomic E-state index is 11.5. The van der Waals surface area contributed by atoms with Crippen LogP contribution in [0.5, 0.6) is 5.75 Å². The molecule has 172 valence electrons. The minimum absolute atomic E-state index is 0.358. The number of nitrogens with zero attached hydrogens (tertiary/aromatic N) is 4. The van der Waals surface area contributed by atoms with Crippen molar-refractivity contribution in [2.45, 2.75) is 17.5 Å². The zero-order valence-electron chi connectivity index (χ0n) is 18.3. The predicted molar refractivity (Wildman–Crippen MR) is 133 cm³/mol. The summed E-state index contributed by atoms with van der Waals surface area (Å²) in [4.78, 5) is 11.5. The molecule has 0 unspecified atom stereocenters. The highest BCUT2D eigenvalue weighted by atomic mass is 35.5. The highest BCUT2D eigenvalue weighted by Crippen LogP contribution is 2.22. The molecule has 0 spiro atoms. The zero-order valence-corrected chi connectivity index (χ0v) is 19.9. The lowest BCUT2D eigenvalue weighted by atomic mass is 10.1. The third kappa shape index (κ3) is 6.46. The monoisotopic (exact) mass is 492 g/mol. The molecule has 0 amide bonds. The molecule has 0 atom stereocenters. The molecule has 0 bridgehead atoms. The number of hydrogen-bond acceptors (Lipinski definition) is 7. The molecule has 4 rings (SSSR count). The van der Waals surface area contributed by atoms with Crippen LogP contribution in [0.2, 0.25) is 5.02 Å². The van der Waals surface area contributed by atoms with Crippen LogP contribution in [0.1, 0.15) is 27.0 Å². The minimum atomic E-state index is -0.358. The number of esters is 1. The summed E-state index contributed by atoms with van der Waals surface area (Å²) < 4.78 is 12.2. The lowest BCUT2D eigenvalue weighted by Crippen LogP contribution is -2.02. The summed E-state index contributed by atoms with van der Waals surface area (Å²) in [7, 11) is 1.36. The molecule has 9 heteroatoms. The van der Waals surface area contributed by atoms with Crippen molar-refractivity contribution < 1.29 is 14.3 Å². The molecule has 0 N–H and O–H groups in total. The maximum Gasteiger partial charge on any atom is 0.337 e. The molecule has 0 saturated carbocycles. The molecule has 0 radical (unpaired) electrons. The summed E-state index contributed by atoms with van der Waals surface area (Å²) in [5.74, 6) is 1.12. The topological polar surface area (TPSA) is 78.6 Å². The van der Waals surface area contributed by atoms with Gasteiger partial charge in [-0.25, -0.2) is 4.79 Å². The van der Waals surface area contributed by atoms with Gasteiger partial charge in [0.05, 0.1) is 18.9 Å². The third-order valence-corrected chi connectivity index (χ3v) is 6.03. The van der Waals surface area contributed by atoms with Crippen LogP contribution >= 0.6 is 23.4 Å². The first-order valence-corrected chi connectivity index (χ1v) is 11.7. The molecule has 0 aliphatic heterocycles. The number of methoxy groups -OCH3 is 1. The van der Waals surface area contributed by atoms with E-state index in [9.17, 15) is 4.79 Å². The van der Waals surface area contributed by atoms with Gasteiger partial charge in [0, 0.05) is 10.8 Å². The van der Waals surface area contributed by atoms with Crippen molar-refractivity contribution in [3.8, 4) is 5.75 Å². The Morgan fingerprint density at radius 2 is 1.74 bits per heavy atom. The standard InChI is InChI=1S/C25H21ClN4O3S/c1-32-24(31)21-8-2-19(3-9-21)15-33-23-12-6-18(7-13-23)14-28-30-17-27-29-25(30)34-16-20-4-10-22(26)11-5-20/h2-14,17H,15-16H2,1H3/b28-14+. The fourth-order valence-corrected chi connectivity index (χ4v) is 3.87. The van der Waals surface area contributed by atoms with Crippen LogP contribution in [0, 0.1) is 0 Å². The largest absolute Gasteiger partial charge is 0.489 e. The Morgan fingerprint density at radius 3 is 2.44 bits per heavy atom. The number of thioether (sulfide) groups is 1. The van der Waals surface area contributed by atoms with Crippen LogP contribution in [0.25, 0.3) is 0 Å². The van der Waals surface area contributed by atoms with Gasteiger partial charge in [-0.1, -0.05) is 47.6 Å². The maximum atomic E-state index is 11.5. The van der Waals surface area contributed by atoms with Crippen molar-refractivity contribution in [3.05, 3.63) is 106 Å². The van der Waals surface area contributed by atoms with E-state index >= 15 is 0 Å². The Kier molecular flexibility index (Phi) is 7.95. The second-order valence-corrected chi connectivity index (χ2v) is 8.54. The average molecular weight is 493 g/mol. The molecule has 0 aliphatic carbocycles. The first-order valence-electron chi connectivity index (χ1n) is 10.3. The molecule has 7 nitrogen and oxygen atoms in total. The van der Waals surface area contributed by atoms with Crippen LogP contribution in [0.3, 0.4) is 0 Å². The summed E-state index contributed by atoms with van der Waals surface area (Å²) in [6, 6.07) is 22.4. The molecule has 1 heterocycles. The smallest absolute Gasteiger partial charge is 0.337 e. The molecular formula is C25H21ClN4O3S. The summed E-state index contributed by atoms with van der Waals surface area (Å²) in [6.07, 6.45) is 3.31. The quantitative estimate of drug-likeness (QED) is 0.175. The van der Waals surface area contributed by atoms with Crippen LogP contribution in [-0.2, 0) is 17.1 Å². The number of carbonyl (C=O) groups is 1. The highest BCUT2D eigenvalue weighted by Gasteiger charge is 2.06. The number of carbonyl (C=O) groups excluding carboxylic acids is 1. The van der Waals surface area contributed by atoms with Crippen molar-refractivity contribution in [2.75, 3.05) is 7.11 Å². The van der Waals surface area contributed by atoms with E-state index in [2.05, 4.69) is 15.3 Å². The van der Waals surface area contributed by atoms with Gasteiger partial charge in [-0.2, -0.15) is 9.78 Å². The van der Waals surface area contributed by atoms with E-state index < -0.39 is 0 Å². The fourth-order valence-electron chi connectivity index (χ4n) is 2.92. The Labute approximate surface area is 206 Å². The van der Waals surface area contributed by atoms with E-state index in [1.165, 1.54) is 7.11 Å². The molecule has 1 aromatic heterocycles. The molecule has 4 aromatic rings. The average Bonchev–Trinajstić information content (AvgIpc) is 3.33. The van der Waals surface area contributed by atoms with Crippen LogP contribution < -0.4 is 4.74 Å². The first kappa shape index (κ1) is 23.5. The normalized spacial score (nSPS) is 11.0. The van der Waals surface area contributed by atoms with E-state index in [1.54, 1.807) is 41.1 Å². The molecule has 0 fully saturated rings. The molecule has 0 saturated heterocycles. The van der Waals surface area contributed by atoms with Gasteiger partial charge in [0.15, 0.2) is 0 Å². The minimum Gasteiger partial charge on any atom is -0.489 e. The Balaban J connectivity index is 1.30. The molecular weight excluding hydrogens is 472 g/mol. The number of hydrogen-bond donors (Lipinski definition) is 0. The van der Waals surface area contributed by atoms with E-state index in [0.29, 0.717) is 22.3 Å². The number of benzene rings is 3. The zero-order chi connectivity index (χ0) is 23.8. The van der Waals surface area contributed by atoms with Gasteiger partial charge in [-0.05, 0) is 65.2 Å². The van der Waals surface area contributed by atoms with Crippen LogP contribution in [-0.4, -0.2) is 34.2 Å². The summed E-state index contributed by atoms with van der Waals surface area (Å²) in [6.45, 7) is 0.393. The summed E-state index contributed by atoms with van der Waals surface area (Å²) >= 11 is 7.48. The molecule has 34 heavy (non-hydrogen) atoms. The number of ether oxygens (including phenoxy) is 2.